The van der Waals surface area contributed by atoms with Crippen molar-refractivity contribution in [3.8, 4) is 11.5 Å². The summed E-state index contributed by atoms with van der Waals surface area (Å²) >= 11 is 0. The molecule has 0 bridgehead atoms. The maximum atomic E-state index is 14.7. The summed E-state index contributed by atoms with van der Waals surface area (Å²) in [4.78, 5) is 30.3. The normalized spacial score (nSPS) is 12.1. The van der Waals surface area contributed by atoms with Gasteiger partial charge in [-0.15, -0.1) is 0 Å². The molecule has 4 rings (SSSR count). The summed E-state index contributed by atoms with van der Waals surface area (Å²) in [6.45, 7) is 8.96. The Morgan fingerprint density at radius 2 is 1.44 bits per heavy atom. The molecule has 0 aliphatic rings. The summed E-state index contributed by atoms with van der Waals surface area (Å²) in [7, 11) is -1.33. The molecule has 0 fully saturated rings. The second-order valence-corrected chi connectivity index (χ2v) is 14.6. The van der Waals surface area contributed by atoms with Crippen LogP contribution in [0.15, 0.2) is 102 Å². The van der Waals surface area contributed by atoms with Crippen molar-refractivity contribution >= 4 is 27.5 Å². The third-order valence-electron chi connectivity index (χ3n) is 7.91. The fourth-order valence-corrected chi connectivity index (χ4v) is 6.73. The number of rotatable bonds is 13. The van der Waals surface area contributed by atoms with Gasteiger partial charge in [-0.3, -0.25) is 13.9 Å². The van der Waals surface area contributed by atoms with Crippen molar-refractivity contribution < 1.29 is 27.5 Å². The quantitative estimate of drug-likeness (QED) is 0.185. The molecular weight excluding hydrogens is 627 g/mol. The van der Waals surface area contributed by atoms with Crippen LogP contribution in [0.25, 0.3) is 0 Å². The van der Waals surface area contributed by atoms with Crippen LogP contribution in [-0.4, -0.2) is 57.5 Å². The number of nitrogens with one attached hydrogen (secondary N) is 1. The predicted octanol–water partition coefficient (Wildman–Crippen LogP) is 6.07. The zero-order valence-electron chi connectivity index (χ0n) is 28.7. The Labute approximate surface area is 284 Å². The van der Waals surface area contributed by atoms with E-state index in [0.29, 0.717) is 11.5 Å². The zero-order valence-corrected chi connectivity index (χ0v) is 29.5. The van der Waals surface area contributed by atoms with Crippen LogP contribution in [0.4, 0.5) is 5.69 Å². The van der Waals surface area contributed by atoms with E-state index in [-0.39, 0.29) is 29.5 Å². The lowest BCUT2D eigenvalue weighted by molar-refractivity contribution is -0.140. The van der Waals surface area contributed by atoms with Crippen LogP contribution in [0.5, 0.6) is 11.5 Å². The number of amides is 2. The van der Waals surface area contributed by atoms with Gasteiger partial charge in [0, 0.05) is 24.6 Å². The molecule has 0 heterocycles. The first-order chi connectivity index (χ1) is 22.7. The predicted molar refractivity (Wildman–Crippen MR) is 189 cm³/mol. The molecule has 1 unspecified atom stereocenters. The number of sulfonamides is 1. The standard InChI is InChI=1S/C38H45N3O6S/c1-27-17-20-32(21-18-27)48(44,45)41(31-19-22-34(46-6)35(24-31)47-7)26-36(42)40(25-30-16-12-11-13-28(30)2)33(37(43)39-38(3,4)5)23-29-14-9-8-10-15-29/h8-22,24,33H,23,25-26H2,1-7H3,(H,39,43). The van der Waals surface area contributed by atoms with Crippen LogP contribution in [0.2, 0.25) is 0 Å². The van der Waals surface area contributed by atoms with Crippen molar-refractivity contribution in [3.63, 3.8) is 0 Å². The van der Waals surface area contributed by atoms with Crippen LogP contribution >= 0.6 is 0 Å². The highest BCUT2D eigenvalue weighted by Gasteiger charge is 2.36. The van der Waals surface area contributed by atoms with Crippen LogP contribution in [0.3, 0.4) is 0 Å². The highest BCUT2D eigenvalue weighted by atomic mass is 32.2. The van der Waals surface area contributed by atoms with Crippen molar-refractivity contribution in [2.24, 2.45) is 0 Å². The number of aryl methyl sites for hydroxylation is 2. The number of anilines is 1. The fraction of sp³-hybridized carbons (Fsp3) is 0.316. The van der Waals surface area contributed by atoms with Gasteiger partial charge in [0.1, 0.15) is 12.6 Å². The minimum absolute atomic E-state index is 0.0208. The van der Waals surface area contributed by atoms with Gasteiger partial charge < -0.3 is 19.7 Å². The average Bonchev–Trinajstić information content (AvgIpc) is 3.05. The summed E-state index contributed by atoms with van der Waals surface area (Å²) in [6, 6.07) is 27.3. The van der Waals surface area contributed by atoms with Crippen molar-refractivity contribution in [2.75, 3.05) is 25.1 Å². The number of carbonyl (C=O) groups is 2. The van der Waals surface area contributed by atoms with Gasteiger partial charge >= 0.3 is 0 Å². The van der Waals surface area contributed by atoms with Gasteiger partial charge in [0.25, 0.3) is 10.0 Å². The van der Waals surface area contributed by atoms with Gasteiger partial charge in [-0.2, -0.15) is 0 Å². The lowest BCUT2D eigenvalue weighted by Gasteiger charge is -2.35. The molecule has 10 heteroatoms. The molecule has 0 spiro atoms. The Morgan fingerprint density at radius 1 is 0.812 bits per heavy atom. The van der Waals surface area contributed by atoms with Gasteiger partial charge in [-0.05, 0) is 75.6 Å². The SMILES string of the molecule is COc1ccc(N(CC(=O)N(Cc2ccccc2C)C(Cc2ccccc2)C(=O)NC(C)(C)C)S(=O)(=O)c2ccc(C)cc2)cc1OC. The summed E-state index contributed by atoms with van der Waals surface area (Å²) in [5.74, 6) is -0.181. The number of nitrogens with zero attached hydrogens (tertiary/aromatic N) is 2. The molecule has 4 aromatic rings. The minimum Gasteiger partial charge on any atom is -0.493 e. The van der Waals surface area contributed by atoms with E-state index in [1.54, 1.807) is 24.3 Å². The first kappa shape index (κ1) is 36.0. The van der Waals surface area contributed by atoms with Crippen LogP contribution in [0, 0.1) is 13.8 Å². The average molecular weight is 672 g/mol. The Morgan fingerprint density at radius 3 is 2.04 bits per heavy atom. The van der Waals surface area contributed by atoms with E-state index in [2.05, 4.69) is 5.32 Å². The van der Waals surface area contributed by atoms with E-state index in [1.165, 1.54) is 37.3 Å². The van der Waals surface area contributed by atoms with Crippen LogP contribution in [-0.2, 0) is 32.6 Å². The molecule has 4 aromatic carbocycles. The van der Waals surface area contributed by atoms with Gasteiger partial charge in [0.05, 0.1) is 24.8 Å². The Hall–Kier alpha value is -4.83. The van der Waals surface area contributed by atoms with E-state index in [0.717, 1.165) is 26.6 Å². The molecule has 0 radical (unpaired) electrons. The summed E-state index contributed by atoms with van der Waals surface area (Å²) in [6.07, 6.45) is 0.224. The third-order valence-corrected chi connectivity index (χ3v) is 9.70. The van der Waals surface area contributed by atoms with Gasteiger partial charge in [0.15, 0.2) is 11.5 Å². The molecule has 2 amide bonds. The molecule has 9 nitrogen and oxygen atoms in total. The highest BCUT2D eigenvalue weighted by Crippen LogP contribution is 2.34. The van der Waals surface area contributed by atoms with Crippen LogP contribution < -0.4 is 19.1 Å². The second kappa shape index (κ2) is 15.4. The van der Waals surface area contributed by atoms with Crippen molar-refractivity contribution in [3.05, 3.63) is 119 Å². The Bertz CT molecular complexity index is 1820. The maximum absolute atomic E-state index is 14.7. The van der Waals surface area contributed by atoms with E-state index >= 15 is 0 Å². The zero-order chi connectivity index (χ0) is 35.1. The summed E-state index contributed by atoms with van der Waals surface area (Å²) in [5.41, 5.74) is 3.15. The first-order valence-electron chi connectivity index (χ1n) is 15.7. The Balaban J connectivity index is 1.87. The van der Waals surface area contributed by atoms with Crippen molar-refractivity contribution in [1.82, 2.24) is 10.2 Å². The molecule has 0 saturated heterocycles. The fourth-order valence-electron chi connectivity index (χ4n) is 5.32. The number of hydrogen-bond donors (Lipinski definition) is 1. The molecule has 0 aromatic heterocycles. The molecule has 254 valence electrons. The second-order valence-electron chi connectivity index (χ2n) is 12.8. The summed E-state index contributed by atoms with van der Waals surface area (Å²) < 4.78 is 40.7. The van der Waals surface area contributed by atoms with Crippen molar-refractivity contribution in [1.29, 1.82) is 0 Å². The molecule has 48 heavy (non-hydrogen) atoms. The van der Waals surface area contributed by atoms with Gasteiger partial charge in [-0.1, -0.05) is 72.3 Å². The van der Waals surface area contributed by atoms with Crippen LogP contribution in [0.1, 0.15) is 43.0 Å². The number of carbonyl (C=O) groups excluding carboxylic acids is 2. The van der Waals surface area contributed by atoms with E-state index in [4.69, 9.17) is 9.47 Å². The summed E-state index contributed by atoms with van der Waals surface area (Å²) in [5, 5.41) is 3.05. The molecular formula is C38H45N3O6S. The number of ether oxygens (including phenoxy) is 2. The van der Waals surface area contributed by atoms with Crippen molar-refractivity contribution in [2.45, 2.75) is 64.1 Å². The lowest BCUT2D eigenvalue weighted by atomic mass is 10.00. The third kappa shape index (κ3) is 8.95. The molecule has 0 aliphatic carbocycles. The number of methoxy groups -OCH3 is 2. The molecule has 1 N–H and O–H groups in total. The highest BCUT2D eigenvalue weighted by molar-refractivity contribution is 7.92. The largest absolute Gasteiger partial charge is 0.493 e. The smallest absolute Gasteiger partial charge is 0.264 e. The first-order valence-corrected chi connectivity index (χ1v) is 17.2. The Kier molecular flexibility index (Phi) is 11.5. The molecule has 0 saturated carbocycles. The molecule has 0 aliphatic heterocycles. The van der Waals surface area contributed by atoms with Gasteiger partial charge in [0.2, 0.25) is 11.8 Å². The lowest BCUT2D eigenvalue weighted by Crippen LogP contribution is -2.56. The number of benzene rings is 4. The topological polar surface area (TPSA) is 105 Å². The molecule has 1 atom stereocenters. The minimum atomic E-state index is -4.27. The maximum Gasteiger partial charge on any atom is 0.264 e. The van der Waals surface area contributed by atoms with E-state index in [1.807, 2.05) is 89.2 Å². The number of hydrogen-bond acceptors (Lipinski definition) is 6. The monoisotopic (exact) mass is 671 g/mol. The van der Waals surface area contributed by atoms with E-state index in [9.17, 15) is 18.0 Å². The van der Waals surface area contributed by atoms with E-state index < -0.39 is 34.1 Å². The van der Waals surface area contributed by atoms with Gasteiger partial charge in [-0.25, -0.2) is 8.42 Å².